The van der Waals surface area contributed by atoms with E-state index < -0.39 is 41.1 Å². The van der Waals surface area contributed by atoms with Crippen molar-refractivity contribution in [2.24, 2.45) is 10.8 Å². The lowest BCUT2D eigenvalue weighted by atomic mass is 9.60. The first-order chi connectivity index (χ1) is 9.29. The molecule has 0 fully saturated rings. The van der Waals surface area contributed by atoms with Crippen LogP contribution in [-0.4, -0.2) is 25.3 Å². The van der Waals surface area contributed by atoms with Gasteiger partial charge < -0.3 is 5.32 Å². The number of nitrogens with one attached hydrogen (secondary N) is 1. The van der Waals surface area contributed by atoms with Crippen molar-refractivity contribution in [3.05, 3.63) is 23.8 Å². The summed E-state index contributed by atoms with van der Waals surface area (Å²) in [6.07, 6.45) is -9.11. The molecule has 8 heteroatoms. The lowest BCUT2D eigenvalue weighted by Gasteiger charge is -2.45. The quantitative estimate of drug-likeness (QED) is 0.773. The van der Waals surface area contributed by atoms with Crippen molar-refractivity contribution in [3.63, 3.8) is 0 Å². The fourth-order valence-electron chi connectivity index (χ4n) is 2.42. The predicted octanol–water partition coefficient (Wildman–Crippen LogP) is 3.76. The first kappa shape index (κ1) is 17.6. The Kier molecular flexibility index (Phi) is 4.24. The molecule has 0 bridgehead atoms. The van der Waals surface area contributed by atoms with Crippen LogP contribution in [0.2, 0.25) is 0 Å². The summed E-state index contributed by atoms with van der Waals surface area (Å²) < 4.78 is 78.8. The van der Waals surface area contributed by atoms with Gasteiger partial charge in [-0.05, 0) is 20.3 Å². The maximum absolute atomic E-state index is 13.5. The zero-order chi connectivity index (χ0) is 16.7. The number of rotatable bonds is 2. The minimum Gasteiger partial charge on any atom is -0.359 e. The molecule has 1 N–H and O–H groups in total. The van der Waals surface area contributed by atoms with Gasteiger partial charge >= 0.3 is 12.4 Å². The third-order valence-corrected chi connectivity index (χ3v) is 3.88. The molecule has 0 saturated heterocycles. The van der Waals surface area contributed by atoms with Gasteiger partial charge in [0.1, 0.15) is 5.41 Å². The van der Waals surface area contributed by atoms with Gasteiger partial charge in [-0.25, -0.2) is 0 Å². The minimum atomic E-state index is -5.01. The summed E-state index contributed by atoms with van der Waals surface area (Å²) in [6.45, 7) is 1.98. The topological polar surface area (TPSA) is 29.1 Å². The first-order valence-electron chi connectivity index (χ1n) is 6.05. The molecule has 0 aromatic rings. The highest BCUT2D eigenvalue weighted by Crippen LogP contribution is 2.57. The lowest BCUT2D eigenvalue weighted by Crippen LogP contribution is -2.55. The summed E-state index contributed by atoms with van der Waals surface area (Å²) in [5.41, 5.74) is -6.41. The largest absolute Gasteiger partial charge is 0.416 e. The van der Waals surface area contributed by atoms with Crippen LogP contribution in [0, 0.1) is 10.8 Å². The number of carbonyl (C=O) groups excluding carboxylic acids is 1. The molecule has 1 atom stereocenters. The van der Waals surface area contributed by atoms with Crippen molar-refractivity contribution in [2.45, 2.75) is 32.6 Å². The number of allylic oxidation sites excluding steroid dienone is 4. The molecule has 1 aliphatic carbocycles. The van der Waals surface area contributed by atoms with Crippen LogP contribution in [0.25, 0.3) is 0 Å². The van der Waals surface area contributed by atoms with E-state index in [-0.39, 0.29) is 6.08 Å². The smallest absolute Gasteiger partial charge is 0.359 e. The molecular weight excluding hydrogens is 300 g/mol. The van der Waals surface area contributed by atoms with Crippen molar-refractivity contribution in [1.82, 2.24) is 5.32 Å². The molecule has 120 valence electrons. The fraction of sp³-hybridized carbons (Fsp3) is 0.615. The number of hydrogen-bond donors (Lipinski definition) is 1. The highest BCUT2D eigenvalue weighted by molar-refractivity contribution is 5.83. The number of alkyl halides is 6. The molecule has 0 spiro atoms. The van der Waals surface area contributed by atoms with Gasteiger partial charge in [-0.1, -0.05) is 18.2 Å². The molecule has 21 heavy (non-hydrogen) atoms. The minimum absolute atomic E-state index is 0.127. The Morgan fingerprint density at radius 2 is 1.71 bits per heavy atom. The molecule has 0 aromatic carbocycles. The Morgan fingerprint density at radius 1 is 1.19 bits per heavy atom. The lowest BCUT2D eigenvalue weighted by molar-refractivity contribution is -0.238. The molecule has 1 rings (SSSR count). The first-order valence-corrected chi connectivity index (χ1v) is 6.05. The van der Waals surface area contributed by atoms with E-state index in [1.165, 1.54) is 0 Å². The number of carbonyl (C=O) groups is 1. The van der Waals surface area contributed by atoms with Gasteiger partial charge in [0.15, 0.2) is 0 Å². The third-order valence-electron chi connectivity index (χ3n) is 3.88. The molecule has 1 unspecified atom stereocenters. The van der Waals surface area contributed by atoms with Crippen LogP contribution in [0.1, 0.15) is 20.3 Å². The molecular formula is C13H15F6NO. The average molecular weight is 315 g/mol. The van der Waals surface area contributed by atoms with Crippen LogP contribution in [0.3, 0.4) is 0 Å². The van der Waals surface area contributed by atoms with E-state index in [0.29, 0.717) is 6.08 Å². The third kappa shape index (κ3) is 2.80. The highest BCUT2D eigenvalue weighted by Gasteiger charge is 2.64. The van der Waals surface area contributed by atoms with Gasteiger partial charge in [-0.15, -0.1) is 0 Å². The monoisotopic (exact) mass is 315 g/mol. The summed E-state index contributed by atoms with van der Waals surface area (Å²) in [6, 6.07) is 0. The maximum atomic E-state index is 13.5. The molecule has 0 aliphatic heterocycles. The van der Waals surface area contributed by atoms with Crippen molar-refractivity contribution in [2.75, 3.05) is 7.05 Å². The van der Waals surface area contributed by atoms with E-state index in [1.54, 1.807) is 0 Å². The van der Waals surface area contributed by atoms with E-state index in [2.05, 4.69) is 5.32 Å². The second-order valence-electron chi connectivity index (χ2n) is 5.38. The second kappa shape index (κ2) is 5.06. The van der Waals surface area contributed by atoms with Crippen LogP contribution in [0.15, 0.2) is 23.8 Å². The predicted molar refractivity (Wildman–Crippen MR) is 64.2 cm³/mol. The van der Waals surface area contributed by atoms with Crippen molar-refractivity contribution < 1.29 is 31.1 Å². The molecule has 2 nitrogen and oxygen atoms in total. The molecule has 0 heterocycles. The molecule has 0 saturated carbocycles. The van der Waals surface area contributed by atoms with Gasteiger partial charge in [-0.2, -0.15) is 26.3 Å². The van der Waals surface area contributed by atoms with Crippen molar-refractivity contribution in [3.8, 4) is 0 Å². The van der Waals surface area contributed by atoms with E-state index in [4.69, 9.17) is 0 Å². The molecule has 0 radical (unpaired) electrons. The van der Waals surface area contributed by atoms with Crippen LogP contribution in [-0.2, 0) is 4.79 Å². The molecule has 0 aromatic heterocycles. The zero-order valence-corrected chi connectivity index (χ0v) is 11.6. The summed E-state index contributed by atoms with van der Waals surface area (Å²) in [4.78, 5) is 11.8. The van der Waals surface area contributed by atoms with Gasteiger partial charge in [0.2, 0.25) is 5.91 Å². The Morgan fingerprint density at radius 3 is 2.10 bits per heavy atom. The normalized spacial score (nSPS) is 23.8. The van der Waals surface area contributed by atoms with E-state index in [1.807, 2.05) is 0 Å². The maximum Gasteiger partial charge on any atom is 0.416 e. The Bertz CT molecular complexity index is 486. The zero-order valence-electron chi connectivity index (χ0n) is 11.6. The fourth-order valence-corrected chi connectivity index (χ4v) is 2.42. The number of hydrogen-bond acceptors (Lipinski definition) is 1. The Hall–Kier alpha value is -1.47. The standard InChI is InChI=1S/C13H15F6NO/c1-10(2,9(21)20-3)11(13(17,18)19)6-4-5-8(7-11)12(14,15)16/h4-5,7H,6H2,1-3H3,(H,20,21). The second-order valence-corrected chi connectivity index (χ2v) is 5.38. The SMILES string of the molecule is CNC(=O)C(C)(C)C1(C(F)(F)F)C=C(C(F)(F)F)C=CC1. The molecule has 1 aliphatic rings. The van der Waals surface area contributed by atoms with E-state index in [0.717, 1.165) is 27.0 Å². The van der Waals surface area contributed by atoms with Crippen molar-refractivity contribution >= 4 is 5.91 Å². The summed E-state index contributed by atoms with van der Waals surface area (Å²) in [5, 5.41) is 2.08. The summed E-state index contributed by atoms with van der Waals surface area (Å²) >= 11 is 0. The van der Waals surface area contributed by atoms with E-state index >= 15 is 0 Å². The van der Waals surface area contributed by atoms with Crippen LogP contribution in [0.5, 0.6) is 0 Å². The van der Waals surface area contributed by atoms with Crippen molar-refractivity contribution in [1.29, 1.82) is 0 Å². The Balaban J connectivity index is 3.56. The van der Waals surface area contributed by atoms with Gasteiger partial charge in [-0.3, -0.25) is 4.79 Å². The Labute approximate surface area is 117 Å². The van der Waals surface area contributed by atoms with E-state index in [9.17, 15) is 31.1 Å². The summed E-state index contributed by atoms with van der Waals surface area (Å²) in [7, 11) is 1.14. The summed E-state index contributed by atoms with van der Waals surface area (Å²) in [5.74, 6) is -0.979. The number of amides is 1. The average Bonchev–Trinajstić information content (AvgIpc) is 2.35. The molecule has 1 amide bonds. The van der Waals surface area contributed by atoms with Gasteiger partial charge in [0, 0.05) is 7.05 Å². The number of halogens is 6. The van der Waals surface area contributed by atoms with Gasteiger partial charge in [0.05, 0.1) is 11.0 Å². The van der Waals surface area contributed by atoms with Crippen LogP contribution >= 0.6 is 0 Å². The van der Waals surface area contributed by atoms with Gasteiger partial charge in [0.25, 0.3) is 0 Å². The highest BCUT2D eigenvalue weighted by atomic mass is 19.4. The van der Waals surface area contributed by atoms with Crippen LogP contribution in [0.4, 0.5) is 26.3 Å². The van der Waals surface area contributed by atoms with Crippen LogP contribution < -0.4 is 5.32 Å².